The molecule has 0 aliphatic heterocycles. The van der Waals surface area contributed by atoms with Crippen molar-refractivity contribution in [2.24, 2.45) is 0 Å². The predicted molar refractivity (Wildman–Crippen MR) is 80.1 cm³/mol. The van der Waals surface area contributed by atoms with E-state index < -0.39 is 29.2 Å². The van der Waals surface area contributed by atoms with Gasteiger partial charge in [0, 0.05) is 0 Å². The Kier molecular flexibility index (Phi) is 4.43. The van der Waals surface area contributed by atoms with Crippen LogP contribution >= 0.6 is 0 Å². The lowest BCUT2D eigenvalue weighted by Crippen LogP contribution is -2.29. The zero-order chi connectivity index (χ0) is 17.1. The number of amides is 1. The Hall–Kier alpha value is -2.93. The Bertz CT molecular complexity index is 822. The van der Waals surface area contributed by atoms with E-state index in [-0.39, 0.29) is 12.3 Å². The Morgan fingerprint density at radius 2 is 1.83 bits per heavy atom. The summed E-state index contributed by atoms with van der Waals surface area (Å²) in [6.07, 6.45) is 0.310. The van der Waals surface area contributed by atoms with Crippen LogP contribution < -0.4 is 5.32 Å². The molecule has 0 fully saturated rings. The maximum Gasteiger partial charge on any atom is 0.257 e. The molecule has 0 spiro atoms. The Balaban J connectivity index is 1.65. The van der Waals surface area contributed by atoms with Crippen LogP contribution in [0.3, 0.4) is 0 Å². The lowest BCUT2D eigenvalue weighted by Gasteiger charge is -2.10. The van der Waals surface area contributed by atoms with E-state index in [0.29, 0.717) is 11.5 Å². The van der Waals surface area contributed by atoms with E-state index in [1.807, 2.05) is 0 Å². The largest absolute Gasteiger partial charge is 0.461 e. The van der Waals surface area contributed by atoms with Gasteiger partial charge >= 0.3 is 0 Å². The first kappa shape index (κ1) is 15.9. The number of benzene rings is 1. The molecule has 3 aromatic rings. The number of hydrogen-bond acceptors (Lipinski definition) is 4. The molecule has 1 aromatic carbocycles. The molecule has 2 N–H and O–H groups in total. The van der Waals surface area contributed by atoms with Crippen molar-refractivity contribution >= 4 is 5.91 Å². The normalized spacial score (nSPS) is 12.1. The van der Waals surface area contributed by atoms with Gasteiger partial charge in [0.2, 0.25) is 0 Å². The lowest BCUT2D eigenvalue weighted by molar-refractivity contribution is 0.0893. The van der Waals surface area contributed by atoms with Gasteiger partial charge in [-0.05, 0) is 36.4 Å². The number of aliphatic hydroxyl groups is 1. The van der Waals surface area contributed by atoms with Crippen LogP contribution in [0.15, 0.2) is 57.6 Å². The van der Waals surface area contributed by atoms with Crippen molar-refractivity contribution in [3.8, 4) is 11.5 Å². The minimum absolute atomic E-state index is 0.190. The molecule has 124 valence electrons. The zero-order valence-corrected chi connectivity index (χ0v) is 12.3. The molecule has 7 heteroatoms. The summed E-state index contributed by atoms with van der Waals surface area (Å²) in [5.41, 5.74) is -0.694. The van der Waals surface area contributed by atoms with Gasteiger partial charge in [-0.3, -0.25) is 4.79 Å². The summed E-state index contributed by atoms with van der Waals surface area (Å²) in [5.74, 6) is -1.80. The van der Waals surface area contributed by atoms with Gasteiger partial charge in [0.25, 0.3) is 5.91 Å². The van der Waals surface area contributed by atoms with Crippen LogP contribution in [0.25, 0.3) is 11.5 Å². The number of halogens is 2. The average molecular weight is 333 g/mol. The summed E-state index contributed by atoms with van der Waals surface area (Å²) >= 11 is 0. The maximum atomic E-state index is 13.5. The number of hydrogen-bond donors (Lipinski definition) is 2. The first-order valence-corrected chi connectivity index (χ1v) is 7.10. The van der Waals surface area contributed by atoms with Crippen LogP contribution in [-0.2, 0) is 0 Å². The monoisotopic (exact) mass is 333 g/mol. The first-order valence-electron chi connectivity index (χ1n) is 7.10. The van der Waals surface area contributed by atoms with E-state index in [1.165, 1.54) is 12.3 Å². The highest BCUT2D eigenvalue weighted by molar-refractivity contribution is 5.94. The molecule has 24 heavy (non-hydrogen) atoms. The standard InChI is InChI=1S/C17H13F2NO4/c18-10-3-1-4-11(19)16(10)17(22)20-9-12(21)13-6-7-15(24-13)14-5-2-8-23-14/h1-8,12,21H,9H2,(H,20,22). The van der Waals surface area contributed by atoms with Gasteiger partial charge in [0.15, 0.2) is 11.5 Å². The number of rotatable bonds is 5. The smallest absolute Gasteiger partial charge is 0.257 e. The van der Waals surface area contributed by atoms with Gasteiger partial charge < -0.3 is 19.3 Å². The highest BCUT2D eigenvalue weighted by atomic mass is 19.1. The average Bonchev–Trinajstić information content (AvgIpc) is 3.23. The Morgan fingerprint density at radius 3 is 2.50 bits per heavy atom. The number of carbonyl (C=O) groups excluding carboxylic acids is 1. The van der Waals surface area contributed by atoms with Crippen LogP contribution in [0.5, 0.6) is 0 Å². The Morgan fingerprint density at radius 1 is 1.08 bits per heavy atom. The minimum atomic E-state index is -1.17. The molecule has 0 saturated carbocycles. The van der Waals surface area contributed by atoms with Crippen molar-refractivity contribution in [2.75, 3.05) is 6.54 Å². The third-order valence-electron chi connectivity index (χ3n) is 3.37. The summed E-state index contributed by atoms with van der Waals surface area (Å²) in [6, 6.07) is 9.64. The van der Waals surface area contributed by atoms with Crippen LogP contribution in [0.2, 0.25) is 0 Å². The maximum absolute atomic E-state index is 13.5. The molecule has 1 unspecified atom stereocenters. The molecule has 0 radical (unpaired) electrons. The van der Waals surface area contributed by atoms with Crippen LogP contribution in [0.4, 0.5) is 8.78 Å². The highest BCUT2D eigenvalue weighted by Gasteiger charge is 2.20. The van der Waals surface area contributed by atoms with Gasteiger partial charge in [-0.2, -0.15) is 0 Å². The molecule has 0 saturated heterocycles. The third kappa shape index (κ3) is 3.21. The molecule has 0 bridgehead atoms. The summed E-state index contributed by atoms with van der Waals surface area (Å²) < 4.78 is 37.6. The topological polar surface area (TPSA) is 75.6 Å². The predicted octanol–water partition coefficient (Wildman–Crippen LogP) is 3.28. The summed E-state index contributed by atoms with van der Waals surface area (Å²) in [5, 5.41) is 12.3. The van der Waals surface area contributed by atoms with E-state index in [2.05, 4.69) is 5.32 Å². The van der Waals surface area contributed by atoms with Crippen molar-refractivity contribution in [3.63, 3.8) is 0 Å². The molecular formula is C17H13F2NO4. The van der Waals surface area contributed by atoms with Crippen molar-refractivity contribution in [2.45, 2.75) is 6.10 Å². The lowest BCUT2D eigenvalue weighted by atomic mass is 10.1. The van der Waals surface area contributed by atoms with E-state index in [9.17, 15) is 18.7 Å². The second-order valence-electron chi connectivity index (χ2n) is 5.00. The fraction of sp³-hybridized carbons (Fsp3) is 0.118. The van der Waals surface area contributed by atoms with Gasteiger partial charge in [0.1, 0.15) is 29.1 Å². The van der Waals surface area contributed by atoms with Crippen LogP contribution in [0, 0.1) is 11.6 Å². The van der Waals surface area contributed by atoms with Gasteiger partial charge in [-0.1, -0.05) is 6.07 Å². The molecule has 0 aliphatic carbocycles. The van der Waals surface area contributed by atoms with Crippen LogP contribution in [0.1, 0.15) is 22.2 Å². The number of furan rings is 2. The van der Waals surface area contributed by atoms with Gasteiger partial charge in [-0.15, -0.1) is 0 Å². The number of nitrogens with one attached hydrogen (secondary N) is 1. The fourth-order valence-electron chi connectivity index (χ4n) is 2.18. The molecule has 1 amide bonds. The van der Waals surface area contributed by atoms with Crippen LogP contribution in [-0.4, -0.2) is 17.6 Å². The van der Waals surface area contributed by atoms with Gasteiger partial charge in [0.05, 0.1) is 12.8 Å². The molecule has 0 aliphatic rings. The molecule has 1 atom stereocenters. The molecule has 2 heterocycles. The highest BCUT2D eigenvalue weighted by Crippen LogP contribution is 2.25. The van der Waals surface area contributed by atoms with E-state index in [4.69, 9.17) is 8.83 Å². The zero-order valence-electron chi connectivity index (χ0n) is 12.3. The molecule has 5 nitrogen and oxygen atoms in total. The van der Waals surface area contributed by atoms with Crippen molar-refractivity contribution in [1.29, 1.82) is 0 Å². The van der Waals surface area contributed by atoms with Crippen molar-refractivity contribution < 1.29 is 27.5 Å². The molecule has 3 rings (SSSR count). The second-order valence-corrected chi connectivity index (χ2v) is 5.00. The van der Waals surface area contributed by atoms with E-state index >= 15 is 0 Å². The van der Waals surface area contributed by atoms with Crippen molar-refractivity contribution in [3.05, 3.63) is 71.7 Å². The first-order chi connectivity index (χ1) is 11.6. The fourth-order valence-corrected chi connectivity index (χ4v) is 2.18. The van der Waals surface area contributed by atoms with Gasteiger partial charge in [-0.25, -0.2) is 8.78 Å². The SMILES string of the molecule is O=C(NCC(O)c1ccc(-c2ccco2)o1)c1c(F)cccc1F. The van der Waals surface area contributed by atoms with E-state index in [0.717, 1.165) is 18.2 Å². The second kappa shape index (κ2) is 6.67. The summed E-state index contributed by atoms with van der Waals surface area (Å²) in [7, 11) is 0. The third-order valence-corrected chi connectivity index (χ3v) is 3.37. The van der Waals surface area contributed by atoms with E-state index in [1.54, 1.807) is 18.2 Å². The summed E-state index contributed by atoms with van der Waals surface area (Å²) in [6.45, 7) is -0.266. The summed E-state index contributed by atoms with van der Waals surface area (Å²) in [4.78, 5) is 11.9. The number of carbonyl (C=O) groups is 1. The molecular weight excluding hydrogens is 320 g/mol. The number of aliphatic hydroxyl groups excluding tert-OH is 1. The quantitative estimate of drug-likeness (QED) is 0.751. The van der Waals surface area contributed by atoms with Crippen molar-refractivity contribution in [1.82, 2.24) is 5.32 Å². The Labute approximate surface area is 135 Å². The minimum Gasteiger partial charge on any atom is -0.461 e. The molecule has 2 aromatic heterocycles.